The molecule has 0 amide bonds. The highest BCUT2D eigenvalue weighted by molar-refractivity contribution is 7.89. The van der Waals surface area contributed by atoms with E-state index < -0.39 is 20.5 Å². The zero-order valence-electron chi connectivity index (χ0n) is 14.4. The molecule has 7 nitrogen and oxygen atoms in total. The van der Waals surface area contributed by atoms with Gasteiger partial charge in [0.1, 0.15) is 5.69 Å². The molecule has 136 valence electrons. The summed E-state index contributed by atoms with van der Waals surface area (Å²) >= 11 is 1.54. The zero-order chi connectivity index (χ0) is 18.8. The van der Waals surface area contributed by atoms with Gasteiger partial charge in [-0.15, -0.1) is 11.3 Å². The molecule has 0 radical (unpaired) electrons. The molecule has 0 aliphatic heterocycles. The minimum atomic E-state index is -3.84. The summed E-state index contributed by atoms with van der Waals surface area (Å²) in [5, 5.41) is 16.4. The van der Waals surface area contributed by atoms with Gasteiger partial charge in [0.15, 0.2) is 0 Å². The maximum absolute atomic E-state index is 12.4. The summed E-state index contributed by atoms with van der Waals surface area (Å²) in [7, 11) is -3.84. The van der Waals surface area contributed by atoms with Crippen LogP contribution in [0.5, 0.6) is 0 Å². The van der Waals surface area contributed by atoms with E-state index in [1.165, 1.54) is 12.1 Å². The number of sulfonamides is 1. The van der Waals surface area contributed by atoms with E-state index >= 15 is 0 Å². The lowest BCUT2D eigenvalue weighted by atomic mass is 10.1. The largest absolute Gasteiger partial charge is 0.372 e. The molecule has 2 N–H and O–H groups in total. The Balaban J connectivity index is 2.36. The molecule has 0 spiro atoms. The van der Waals surface area contributed by atoms with Gasteiger partial charge in [0.2, 0.25) is 10.0 Å². The highest BCUT2D eigenvalue weighted by atomic mass is 32.2. The number of nitro benzene ring substituents is 1. The molecular weight excluding hydrogens is 362 g/mol. The number of benzene rings is 1. The lowest BCUT2D eigenvalue weighted by Crippen LogP contribution is -2.40. The van der Waals surface area contributed by atoms with Crippen LogP contribution in [0.15, 0.2) is 40.6 Å². The van der Waals surface area contributed by atoms with Crippen molar-refractivity contribution in [2.75, 3.05) is 5.32 Å². The van der Waals surface area contributed by atoms with Gasteiger partial charge in [-0.1, -0.05) is 6.07 Å². The summed E-state index contributed by atoms with van der Waals surface area (Å²) in [5.74, 6) is 0. The molecular formula is C16H21N3O4S2. The van der Waals surface area contributed by atoms with E-state index in [4.69, 9.17) is 0 Å². The van der Waals surface area contributed by atoms with Crippen molar-refractivity contribution < 1.29 is 13.3 Å². The lowest BCUT2D eigenvalue weighted by Gasteiger charge is -2.20. The molecule has 0 saturated carbocycles. The molecule has 2 aromatic rings. The maximum atomic E-state index is 12.4. The van der Waals surface area contributed by atoms with Crippen molar-refractivity contribution in [1.29, 1.82) is 0 Å². The molecule has 1 aromatic heterocycles. The molecule has 2 rings (SSSR count). The van der Waals surface area contributed by atoms with Gasteiger partial charge < -0.3 is 5.32 Å². The fourth-order valence-corrected chi connectivity index (χ4v) is 4.43. The third-order valence-electron chi connectivity index (χ3n) is 3.26. The van der Waals surface area contributed by atoms with Crippen molar-refractivity contribution >= 4 is 32.7 Å². The van der Waals surface area contributed by atoms with Gasteiger partial charge >= 0.3 is 0 Å². The van der Waals surface area contributed by atoms with Crippen molar-refractivity contribution in [2.45, 2.75) is 44.2 Å². The third-order valence-corrected chi connectivity index (χ3v) is 6.07. The van der Waals surface area contributed by atoms with Crippen molar-refractivity contribution in [3.8, 4) is 0 Å². The average molecular weight is 383 g/mol. The predicted octanol–water partition coefficient (Wildman–Crippen LogP) is 3.91. The van der Waals surface area contributed by atoms with Gasteiger partial charge in [-0.25, -0.2) is 13.1 Å². The highest BCUT2D eigenvalue weighted by Gasteiger charge is 2.26. The number of thiophene rings is 1. The van der Waals surface area contributed by atoms with Crippen molar-refractivity contribution in [2.24, 2.45) is 0 Å². The van der Waals surface area contributed by atoms with Crippen LogP contribution >= 0.6 is 11.3 Å². The number of rotatable bonds is 6. The van der Waals surface area contributed by atoms with Crippen LogP contribution in [0.4, 0.5) is 11.4 Å². The zero-order valence-corrected chi connectivity index (χ0v) is 16.1. The number of hydrogen-bond donors (Lipinski definition) is 2. The Morgan fingerprint density at radius 2 is 1.92 bits per heavy atom. The molecule has 0 fully saturated rings. The van der Waals surface area contributed by atoms with Crippen LogP contribution in [0.3, 0.4) is 0 Å². The summed E-state index contributed by atoms with van der Waals surface area (Å²) in [4.78, 5) is 11.7. The summed E-state index contributed by atoms with van der Waals surface area (Å²) in [6.07, 6.45) is 0. The Labute approximate surface area is 151 Å². The van der Waals surface area contributed by atoms with E-state index in [9.17, 15) is 18.5 Å². The summed E-state index contributed by atoms with van der Waals surface area (Å²) in [6, 6.07) is 7.58. The SMILES string of the molecule is C[C@H](Nc1ccc(S(=O)(=O)NC(C)(C)C)cc1[N+](=O)[O-])c1cccs1. The average Bonchev–Trinajstić information content (AvgIpc) is 2.98. The molecule has 1 atom stereocenters. The first-order valence-corrected chi connectivity index (χ1v) is 9.98. The number of nitro groups is 1. The van der Waals surface area contributed by atoms with Crippen LogP contribution in [0, 0.1) is 10.1 Å². The summed E-state index contributed by atoms with van der Waals surface area (Å²) < 4.78 is 27.3. The topological polar surface area (TPSA) is 101 Å². The normalized spacial score (nSPS) is 13.4. The molecule has 0 saturated heterocycles. The Hall–Kier alpha value is -1.97. The predicted molar refractivity (Wildman–Crippen MR) is 99.5 cm³/mol. The smallest absolute Gasteiger partial charge is 0.293 e. The van der Waals surface area contributed by atoms with Gasteiger partial charge in [0, 0.05) is 16.5 Å². The van der Waals surface area contributed by atoms with E-state index in [1.54, 1.807) is 32.1 Å². The van der Waals surface area contributed by atoms with Crippen LogP contribution in [0.25, 0.3) is 0 Å². The van der Waals surface area contributed by atoms with Crippen molar-refractivity contribution in [3.05, 3.63) is 50.7 Å². The van der Waals surface area contributed by atoms with E-state index in [2.05, 4.69) is 10.0 Å². The molecule has 0 bridgehead atoms. The number of hydrogen-bond acceptors (Lipinski definition) is 6. The van der Waals surface area contributed by atoms with Gasteiger partial charge in [-0.05, 0) is 51.3 Å². The molecule has 1 heterocycles. The van der Waals surface area contributed by atoms with Gasteiger partial charge in [-0.2, -0.15) is 0 Å². The Bertz CT molecular complexity index is 856. The monoisotopic (exact) mass is 383 g/mol. The Kier molecular flexibility index (Phi) is 5.50. The van der Waals surface area contributed by atoms with E-state index in [1.807, 2.05) is 24.4 Å². The van der Waals surface area contributed by atoms with Crippen LogP contribution in [-0.2, 0) is 10.0 Å². The highest BCUT2D eigenvalue weighted by Crippen LogP contribution is 2.31. The van der Waals surface area contributed by atoms with E-state index in [0.717, 1.165) is 10.9 Å². The lowest BCUT2D eigenvalue weighted by molar-refractivity contribution is -0.384. The quantitative estimate of drug-likeness (QED) is 0.582. The molecule has 9 heteroatoms. The summed E-state index contributed by atoms with van der Waals surface area (Å²) in [6.45, 7) is 7.01. The Morgan fingerprint density at radius 1 is 1.24 bits per heavy atom. The first kappa shape index (κ1) is 19.4. The van der Waals surface area contributed by atoms with Crippen LogP contribution in [0.1, 0.15) is 38.6 Å². The Morgan fingerprint density at radius 3 is 2.44 bits per heavy atom. The van der Waals surface area contributed by atoms with Crippen molar-refractivity contribution in [3.63, 3.8) is 0 Å². The standard InChI is InChI=1S/C16H21N3O4S2/c1-11(15-6-5-9-24-15)17-13-8-7-12(10-14(13)19(20)21)25(22,23)18-16(2,3)4/h5-11,17-18H,1-4H3/t11-/m0/s1. The van der Waals surface area contributed by atoms with Crippen molar-refractivity contribution in [1.82, 2.24) is 4.72 Å². The molecule has 1 aromatic carbocycles. The third kappa shape index (κ3) is 5.00. The molecule has 0 aliphatic carbocycles. The van der Waals surface area contributed by atoms with Crippen LogP contribution < -0.4 is 10.0 Å². The molecule has 25 heavy (non-hydrogen) atoms. The first-order valence-electron chi connectivity index (χ1n) is 7.62. The molecule has 0 unspecified atom stereocenters. The van der Waals surface area contributed by atoms with E-state index in [-0.39, 0.29) is 22.3 Å². The van der Waals surface area contributed by atoms with Gasteiger partial charge in [-0.3, -0.25) is 10.1 Å². The number of anilines is 1. The minimum absolute atomic E-state index is 0.131. The first-order chi connectivity index (χ1) is 11.5. The van der Waals surface area contributed by atoms with Gasteiger partial charge in [0.05, 0.1) is 15.9 Å². The number of nitrogens with zero attached hydrogens (tertiary/aromatic N) is 1. The fraction of sp³-hybridized carbons (Fsp3) is 0.375. The second-order valence-corrected chi connectivity index (χ2v) is 9.33. The molecule has 0 aliphatic rings. The summed E-state index contributed by atoms with van der Waals surface area (Å²) in [5.41, 5.74) is -0.682. The van der Waals surface area contributed by atoms with Crippen LogP contribution in [-0.4, -0.2) is 18.9 Å². The van der Waals surface area contributed by atoms with Gasteiger partial charge in [0.25, 0.3) is 5.69 Å². The minimum Gasteiger partial charge on any atom is -0.372 e. The van der Waals surface area contributed by atoms with Crippen LogP contribution in [0.2, 0.25) is 0 Å². The number of nitrogens with one attached hydrogen (secondary N) is 2. The second-order valence-electron chi connectivity index (χ2n) is 6.67. The second kappa shape index (κ2) is 7.11. The maximum Gasteiger partial charge on any atom is 0.293 e. The fourth-order valence-electron chi connectivity index (χ4n) is 2.26. The van der Waals surface area contributed by atoms with E-state index in [0.29, 0.717) is 0 Å².